The second-order valence-electron chi connectivity index (χ2n) is 13.7. The number of halogens is 5. The van der Waals surface area contributed by atoms with Crippen molar-refractivity contribution >= 4 is 12.1 Å². The Bertz CT molecular complexity index is 2460. The van der Waals surface area contributed by atoms with Gasteiger partial charge in [-0.3, -0.25) is 4.90 Å². The molecule has 1 aliphatic rings. The minimum Gasteiger partial charge on any atom is -0.453 e. The number of nitrogens with zero attached hydrogens (tertiary/aromatic N) is 2. The van der Waals surface area contributed by atoms with E-state index in [4.69, 9.17) is 9.47 Å². The highest BCUT2D eigenvalue weighted by Crippen LogP contribution is 2.57. The maximum atomic E-state index is 16.0. The topological polar surface area (TPSA) is 84.5 Å². The molecule has 58 heavy (non-hydrogen) atoms. The van der Waals surface area contributed by atoms with Gasteiger partial charge < -0.3 is 14.5 Å². The molecule has 0 fully saturated rings. The van der Waals surface area contributed by atoms with Gasteiger partial charge in [-0.05, 0) is 38.9 Å². The maximum absolute atomic E-state index is 16.0. The van der Waals surface area contributed by atoms with E-state index in [1.165, 1.54) is 17.4 Å². The standard InChI is InChI=1S/C46H32F5N3O4/c1-57-44(56)54(46(28-15-5-2-6-16-28,29-17-7-3-8-18-29)30-19-9-4-10-20-30)45(25-31-26-52-27-53-31,43(55)58-42-40(50)38(48)37(47)39(49)41(42)51)36-34-23-13-11-21-32(34)33-22-12-14-24-35(33)36/h2-24,26-27,36H,25H2,1H3,(H,52,53)/t45-/m1/s1. The van der Waals surface area contributed by atoms with Gasteiger partial charge in [0.15, 0.2) is 5.54 Å². The van der Waals surface area contributed by atoms with E-state index in [1.807, 2.05) is 12.1 Å². The first-order valence-electron chi connectivity index (χ1n) is 18.1. The molecule has 8 rings (SSSR count). The van der Waals surface area contributed by atoms with E-state index in [0.29, 0.717) is 38.9 Å². The summed E-state index contributed by atoms with van der Waals surface area (Å²) in [6, 6.07) is 40.5. The van der Waals surface area contributed by atoms with Gasteiger partial charge in [-0.15, -0.1) is 0 Å². The number of amides is 1. The van der Waals surface area contributed by atoms with Crippen LogP contribution in [0, 0.1) is 29.1 Å². The Morgan fingerprint density at radius 1 is 0.638 bits per heavy atom. The molecule has 1 aliphatic carbocycles. The van der Waals surface area contributed by atoms with Crippen LogP contribution < -0.4 is 4.74 Å². The normalized spacial score (nSPS) is 13.3. The summed E-state index contributed by atoms with van der Waals surface area (Å²) >= 11 is 0. The molecule has 1 atom stereocenters. The first-order valence-corrected chi connectivity index (χ1v) is 18.1. The van der Waals surface area contributed by atoms with Crippen LogP contribution in [0.5, 0.6) is 5.75 Å². The Hall–Kier alpha value is -7.08. The molecule has 0 saturated heterocycles. The molecular formula is C46H32F5N3O4. The van der Waals surface area contributed by atoms with Gasteiger partial charge >= 0.3 is 12.1 Å². The number of esters is 1. The zero-order valence-corrected chi connectivity index (χ0v) is 30.6. The lowest BCUT2D eigenvalue weighted by Crippen LogP contribution is -2.70. The molecule has 0 bridgehead atoms. The summed E-state index contributed by atoms with van der Waals surface area (Å²) in [5, 5.41) is 0. The van der Waals surface area contributed by atoms with Crippen LogP contribution in [0.1, 0.15) is 39.4 Å². The predicted molar refractivity (Wildman–Crippen MR) is 204 cm³/mol. The molecule has 12 heteroatoms. The molecule has 290 valence electrons. The Morgan fingerprint density at radius 3 is 1.50 bits per heavy atom. The van der Waals surface area contributed by atoms with E-state index < -0.39 is 70.3 Å². The summed E-state index contributed by atoms with van der Waals surface area (Å²) in [6.45, 7) is 0. The van der Waals surface area contributed by atoms with Crippen LogP contribution in [0.25, 0.3) is 11.1 Å². The number of nitrogens with one attached hydrogen (secondary N) is 1. The number of hydrogen-bond acceptors (Lipinski definition) is 5. The molecule has 6 aromatic carbocycles. The van der Waals surface area contributed by atoms with Gasteiger partial charge in [-0.1, -0.05) is 140 Å². The van der Waals surface area contributed by atoms with Crippen LogP contribution in [0.3, 0.4) is 0 Å². The number of methoxy groups -OCH3 is 1. The zero-order chi connectivity index (χ0) is 40.6. The van der Waals surface area contributed by atoms with E-state index in [1.54, 1.807) is 127 Å². The molecule has 0 aliphatic heterocycles. The number of imidazole rings is 1. The molecule has 7 aromatic rings. The van der Waals surface area contributed by atoms with Gasteiger partial charge in [0.05, 0.1) is 13.4 Å². The molecule has 0 radical (unpaired) electrons. The van der Waals surface area contributed by atoms with Crippen molar-refractivity contribution in [3.63, 3.8) is 0 Å². The average molecular weight is 786 g/mol. The highest BCUT2D eigenvalue weighted by atomic mass is 19.2. The third-order valence-electron chi connectivity index (χ3n) is 10.7. The monoisotopic (exact) mass is 785 g/mol. The van der Waals surface area contributed by atoms with Gasteiger partial charge in [0.25, 0.3) is 0 Å². The first kappa shape index (κ1) is 37.8. The van der Waals surface area contributed by atoms with Crippen molar-refractivity contribution in [2.45, 2.75) is 23.4 Å². The third-order valence-corrected chi connectivity index (χ3v) is 10.7. The van der Waals surface area contributed by atoms with Crippen molar-refractivity contribution < 1.29 is 41.0 Å². The molecule has 7 nitrogen and oxygen atoms in total. The van der Waals surface area contributed by atoms with E-state index in [9.17, 15) is 13.2 Å². The lowest BCUT2D eigenvalue weighted by atomic mass is 9.67. The Morgan fingerprint density at radius 2 is 1.07 bits per heavy atom. The van der Waals surface area contributed by atoms with Gasteiger partial charge in [0.1, 0.15) is 5.54 Å². The number of ether oxygens (including phenoxy) is 2. The Kier molecular flexibility index (Phi) is 9.85. The summed E-state index contributed by atoms with van der Waals surface area (Å²) in [7, 11) is 1.12. The summed E-state index contributed by atoms with van der Waals surface area (Å²) in [5.41, 5.74) is -0.520. The predicted octanol–water partition coefficient (Wildman–Crippen LogP) is 9.87. The number of fused-ring (bicyclic) bond motifs is 3. The van der Waals surface area contributed by atoms with Crippen molar-refractivity contribution in [2.75, 3.05) is 7.11 Å². The lowest BCUT2D eigenvalue weighted by molar-refractivity contribution is -0.152. The van der Waals surface area contributed by atoms with Crippen LogP contribution in [0.2, 0.25) is 0 Å². The minimum atomic E-state index is -2.54. The maximum Gasteiger partial charge on any atom is 0.411 e. The smallest absolute Gasteiger partial charge is 0.411 e. The van der Waals surface area contributed by atoms with Crippen molar-refractivity contribution in [1.29, 1.82) is 0 Å². The molecular weight excluding hydrogens is 754 g/mol. The average Bonchev–Trinajstić information content (AvgIpc) is 3.91. The van der Waals surface area contributed by atoms with Crippen molar-refractivity contribution in [1.82, 2.24) is 14.9 Å². The number of aromatic amines is 1. The van der Waals surface area contributed by atoms with Crippen LogP contribution in [0.15, 0.2) is 152 Å². The van der Waals surface area contributed by atoms with E-state index in [0.717, 1.165) is 7.11 Å². The van der Waals surface area contributed by atoms with Crippen molar-refractivity contribution in [3.8, 4) is 16.9 Å². The lowest BCUT2D eigenvalue weighted by Gasteiger charge is -2.54. The van der Waals surface area contributed by atoms with Crippen LogP contribution in [-0.2, 0) is 21.5 Å². The van der Waals surface area contributed by atoms with Crippen LogP contribution in [-0.4, -0.2) is 39.6 Å². The molecule has 1 heterocycles. The number of hydrogen-bond donors (Lipinski definition) is 1. The highest BCUT2D eigenvalue weighted by Gasteiger charge is 2.65. The van der Waals surface area contributed by atoms with Gasteiger partial charge in [-0.2, -0.15) is 8.78 Å². The fourth-order valence-electron chi connectivity index (χ4n) is 8.40. The van der Waals surface area contributed by atoms with E-state index in [-0.39, 0.29) is 5.69 Å². The SMILES string of the molecule is COC(=O)N(C(c1ccccc1)(c1ccccc1)c1ccccc1)[C@@](Cc1cnc[nH]1)(C(=O)Oc1c(F)c(F)c(F)c(F)c1F)C1c2ccccc2-c2ccccc21. The van der Waals surface area contributed by atoms with Gasteiger partial charge in [-0.25, -0.2) is 27.7 Å². The van der Waals surface area contributed by atoms with Gasteiger partial charge in [0.2, 0.25) is 34.8 Å². The molecule has 0 spiro atoms. The number of H-pyrrole nitrogens is 1. The highest BCUT2D eigenvalue weighted by molar-refractivity contribution is 5.94. The summed E-state index contributed by atoms with van der Waals surface area (Å²) < 4.78 is 87.0. The number of carbonyl (C=O) groups is 2. The Balaban J connectivity index is 1.59. The van der Waals surface area contributed by atoms with E-state index in [2.05, 4.69) is 9.97 Å². The minimum absolute atomic E-state index is 0.244. The summed E-state index contributed by atoms with van der Waals surface area (Å²) in [6.07, 6.45) is 1.12. The van der Waals surface area contributed by atoms with Crippen molar-refractivity contribution in [3.05, 3.63) is 215 Å². The largest absolute Gasteiger partial charge is 0.453 e. The quantitative estimate of drug-likeness (QED) is 0.0373. The molecule has 1 N–H and O–H groups in total. The second-order valence-corrected chi connectivity index (χ2v) is 13.7. The summed E-state index contributed by atoms with van der Waals surface area (Å²) in [5.74, 6) is -16.5. The summed E-state index contributed by atoms with van der Waals surface area (Å²) in [4.78, 5) is 39.8. The number of aromatic nitrogens is 2. The van der Waals surface area contributed by atoms with Gasteiger partial charge in [0, 0.05) is 24.2 Å². The number of rotatable bonds is 10. The fourth-order valence-corrected chi connectivity index (χ4v) is 8.40. The molecule has 0 saturated carbocycles. The van der Waals surface area contributed by atoms with Crippen LogP contribution >= 0.6 is 0 Å². The molecule has 1 aromatic heterocycles. The zero-order valence-electron chi connectivity index (χ0n) is 30.6. The van der Waals surface area contributed by atoms with E-state index >= 15 is 18.4 Å². The van der Waals surface area contributed by atoms with Crippen LogP contribution in [0.4, 0.5) is 26.7 Å². The first-order chi connectivity index (χ1) is 28.2. The molecule has 1 amide bonds. The number of benzene rings is 6. The fraction of sp³-hybridized carbons (Fsp3) is 0.109. The number of carbonyl (C=O) groups excluding carboxylic acids is 2. The van der Waals surface area contributed by atoms with Crippen molar-refractivity contribution in [2.24, 2.45) is 0 Å². The third kappa shape index (κ3) is 5.82. The Labute approximate surface area is 329 Å². The molecule has 0 unspecified atom stereocenters. The second kappa shape index (κ2) is 15.1.